The smallest absolute Gasteiger partial charge is 0.191 e. The van der Waals surface area contributed by atoms with E-state index in [2.05, 4.69) is 57.5 Å². The van der Waals surface area contributed by atoms with Crippen LogP contribution in [0.25, 0.3) is 0 Å². The van der Waals surface area contributed by atoms with Crippen LogP contribution in [-0.2, 0) is 13.0 Å². The molecule has 0 radical (unpaired) electrons. The van der Waals surface area contributed by atoms with E-state index in [0.717, 1.165) is 45.1 Å². The van der Waals surface area contributed by atoms with Gasteiger partial charge >= 0.3 is 0 Å². The number of likely N-dealkylation sites (tertiary alicyclic amines) is 1. The van der Waals surface area contributed by atoms with Gasteiger partial charge in [-0.2, -0.15) is 0 Å². The molecule has 1 fully saturated rings. The fourth-order valence-electron chi connectivity index (χ4n) is 3.39. The van der Waals surface area contributed by atoms with Crippen LogP contribution in [0.1, 0.15) is 29.5 Å². The van der Waals surface area contributed by atoms with E-state index in [9.17, 15) is 0 Å². The van der Waals surface area contributed by atoms with Crippen molar-refractivity contribution in [2.45, 2.75) is 32.7 Å². The average Bonchev–Trinajstić information content (AvgIpc) is 3.34. The third-order valence-corrected chi connectivity index (χ3v) is 6.46. The van der Waals surface area contributed by atoms with Crippen molar-refractivity contribution >= 4 is 28.6 Å². The lowest BCUT2D eigenvalue weighted by molar-refractivity contribution is 0.172. The van der Waals surface area contributed by atoms with E-state index < -0.39 is 0 Å². The fourth-order valence-corrected chi connectivity index (χ4v) is 4.84. The van der Waals surface area contributed by atoms with Gasteiger partial charge in [-0.3, -0.25) is 9.89 Å². The van der Waals surface area contributed by atoms with Gasteiger partial charge in [0.15, 0.2) is 5.96 Å². The lowest BCUT2D eigenvalue weighted by atomic mass is 9.98. The van der Waals surface area contributed by atoms with E-state index in [0.29, 0.717) is 5.92 Å². The van der Waals surface area contributed by atoms with Gasteiger partial charge in [0.1, 0.15) is 0 Å². The third-order valence-electron chi connectivity index (χ3n) is 4.66. The van der Waals surface area contributed by atoms with E-state index in [1.807, 2.05) is 22.7 Å². The number of hydrogen-bond donors (Lipinski definition) is 2. The maximum atomic E-state index is 4.86. The van der Waals surface area contributed by atoms with Gasteiger partial charge in [-0.1, -0.05) is 12.1 Å². The molecule has 2 aromatic rings. The molecule has 0 aromatic carbocycles. The second kappa shape index (κ2) is 10.7. The van der Waals surface area contributed by atoms with Crippen molar-refractivity contribution in [3.63, 3.8) is 0 Å². The zero-order valence-electron chi connectivity index (χ0n) is 15.6. The Bertz CT molecular complexity index is 637. The lowest BCUT2D eigenvalue weighted by Gasteiger charge is -2.31. The summed E-state index contributed by atoms with van der Waals surface area (Å²) in [5, 5.41) is 11.2. The molecule has 0 aliphatic carbocycles. The minimum absolute atomic E-state index is 0.663. The Kier molecular flexibility index (Phi) is 7.98. The number of thiophene rings is 2. The summed E-state index contributed by atoms with van der Waals surface area (Å²) >= 11 is 3.68. The first-order chi connectivity index (χ1) is 12.8. The Morgan fingerprint density at radius 3 is 2.73 bits per heavy atom. The van der Waals surface area contributed by atoms with Crippen LogP contribution >= 0.6 is 22.7 Å². The summed E-state index contributed by atoms with van der Waals surface area (Å²) in [4.78, 5) is 10.3. The van der Waals surface area contributed by atoms with Gasteiger partial charge < -0.3 is 10.6 Å². The molecule has 1 aliphatic heterocycles. The number of nitrogens with one attached hydrogen (secondary N) is 2. The number of rotatable bonds is 8. The zero-order valence-corrected chi connectivity index (χ0v) is 17.2. The average molecular weight is 391 g/mol. The minimum atomic E-state index is 0.663. The van der Waals surface area contributed by atoms with E-state index >= 15 is 0 Å². The first-order valence-corrected chi connectivity index (χ1v) is 11.4. The normalized spacial score (nSPS) is 18.8. The summed E-state index contributed by atoms with van der Waals surface area (Å²) in [6, 6.07) is 8.70. The van der Waals surface area contributed by atoms with Crippen molar-refractivity contribution < 1.29 is 0 Å². The third kappa shape index (κ3) is 6.41. The molecule has 1 aliphatic rings. The van der Waals surface area contributed by atoms with Gasteiger partial charge in [0, 0.05) is 42.5 Å². The molecule has 1 unspecified atom stereocenters. The minimum Gasteiger partial charge on any atom is -0.357 e. The quantitative estimate of drug-likeness (QED) is 0.532. The second-order valence-electron chi connectivity index (χ2n) is 6.80. The molecular formula is C20H30N4S2. The molecule has 3 rings (SSSR count). The molecule has 1 atom stereocenters. The van der Waals surface area contributed by atoms with E-state index in [-0.39, 0.29) is 0 Å². The maximum absolute atomic E-state index is 4.86. The van der Waals surface area contributed by atoms with Gasteiger partial charge in [0.2, 0.25) is 0 Å². The Labute approximate surface area is 165 Å². The van der Waals surface area contributed by atoms with Crippen LogP contribution in [0.3, 0.4) is 0 Å². The molecule has 4 nitrogen and oxygen atoms in total. The summed E-state index contributed by atoms with van der Waals surface area (Å²) in [5.41, 5.74) is 0. The predicted octanol–water partition coefficient (Wildman–Crippen LogP) is 3.82. The summed E-state index contributed by atoms with van der Waals surface area (Å²) in [7, 11) is 0. The van der Waals surface area contributed by atoms with Crippen molar-refractivity contribution in [2.24, 2.45) is 10.9 Å². The monoisotopic (exact) mass is 390 g/mol. The SMILES string of the molecule is CCNC(=NCC1CCCN(Cc2cccs2)C1)NCCc1cccs1. The summed E-state index contributed by atoms with van der Waals surface area (Å²) < 4.78 is 0. The van der Waals surface area contributed by atoms with Crippen molar-refractivity contribution in [1.29, 1.82) is 0 Å². The Morgan fingerprint density at radius 2 is 2.00 bits per heavy atom. The molecule has 0 saturated carbocycles. The van der Waals surface area contributed by atoms with E-state index in [1.54, 1.807) is 0 Å². The number of aliphatic imine (C=N–C) groups is 1. The van der Waals surface area contributed by atoms with Gasteiger partial charge in [-0.25, -0.2) is 0 Å². The standard InChI is InChI=1S/C20H30N4S2/c1-2-21-20(22-10-9-18-7-4-12-25-18)23-14-17-6-3-11-24(15-17)16-19-8-5-13-26-19/h4-5,7-8,12-13,17H,2-3,6,9-11,14-16H2,1H3,(H2,21,22,23). The lowest BCUT2D eigenvalue weighted by Crippen LogP contribution is -2.40. The van der Waals surface area contributed by atoms with Crippen LogP contribution in [0, 0.1) is 5.92 Å². The molecule has 6 heteroatoms. The Balaban J connectivity index is 1.44. The van der Waals surface area contributed by atoms with Crippen LogP contribution in [0.4, 0.5) is 0 Å². The topological polar surface area (TPSA) is 39.7 Å². The van der Waals surface area contributed by atoms with Crippen molar-refractivity contribution in [3.8, 4) is 0 Å². The van der Waals surface area contributed by atoms with Crippen LogP contribution in [-0.4, -0.2) is 43.6 Å². The van der Waals surface area contributed by atoms with Gasteiger partial charge in [0.25, 0.3) is 0 Å². The van der Waals surface area contributed by atoms with Crippen molar-refractivity contribution in [1.82, 2.24) is 15.5 Å². The molecule has 1 saturated heterocycles. The fraction of sp³-hybridized carbons (Fsp3) is 0.550. The predicted molar refractivity (Wildman–Crippen MR) is 114 cm³/mol. The number of hydrogen-bond acceptors (Lipinski definition) is 4. The summed E-state index contributed by atoms with van der Waals surface area (Å²) in [6.45, 7) is 8.35. The van der Waals surface area contributed by atoms with E-state index in [4.69, 9.17) is 4.99 Å². The number of guanidine groups is 1. The molecular weight excluding hydrogens is 360 g/mol. The molecule has 0 amide bonds. The summed E-state index contributed by atoms with van der Waals surface area (Å²) in [5.74, 6) is 1.62. The molecule has 3 heterocycles. The van der Waals surface area contributed by atoms with Gasteiger partial charge in [-0.05, 0) is 61.5 Å². The number of piperidine rings is 1. The second-order valence-corrected chi connectivity index (χ2v) is 8.86. The molecule has 26 heavy (non-hydrogen) atoms. The van der Waals surface area contributed by atoms with Gasteiger partial charge in [-0.15, -0.1) is 22.7 Å². The molecule has 0 bridgehead atoms. The highest BCUT2D eigenvalue weighted by Gasteiger charge is 2.20. The Morgan fingerprint density at radius 1 is 1.19 bits per heavy atom. The van der Waals surface area contributed by atoms with Crippen LogP contribution in [0.15, 0.2) is 40.0 Å². The van der Waals surface area contributed by atoms with Crippen molar-refractivity contribution in [3.05, 3.63) is 44.8 Å². The molecule has 0 spiro atoms. The van der Waals surface area contributed by atoms with E-state index in [1.165, 1.54) is 29.1 Å². The Hall–Kier alpha value is -1.37. The zero-order chi connectivity index (χ0) is 18.0. The first-order valence-electron chi connectivity index (χ1n) is 9.62. The van der Waals surface area contributed by atoms with Crippen LogP contribution in [0.2, 0.25) is 0 Å². The highest BCUT2D eigenvalue weighted by Crippen LogP contribution is 2.20. The molecule has 2 aromatic heterocycles. The molecule has 2 N–H and O–H groups in total. The molecule has 142 valence electrons. The largest absolute Gasteiger partial charge is 0.357 e. The number of nitrogens with zero attached hydrogens (tertiary/aromatic N) is 2. The summed E-state index contributed by atoms with van der Waals surface area (Å²) in [6.07, 6.45) is 3.63. The van der Waals surface area contributed by atoms with Crippen LogP contribution in [0.5, 0.6) is 0 Å². The highest BCUT2D eigenvalue weighted by atomic mass is 32.1. The first kappa shape index (κ1) is 19.4. The van der Waals surface area contributed by atoms with Gasteiger partial charge in [0.05, 0.1) is 0 Å². The van der Waals surface area contributed by atoms with Crippen molar-refractivity contribution in [2.75, 3.05) is 32.7 Å². The van der Waals surface area contributed by atoms with Crippen LogP contribution < -0.4 is 10.6 Å². The highest BCUT2D eigenvalue weighted by molar-refractivity contribution is 7.10. The maximum Gasteiger partial charge on any atom is 0.191 e.